The van der Waals surface area contributed by atoms with E-state index >= 15 is 0 Å². The van der Waals surface area contributed by atoms with Crippen LogP contribution in [0.3, 0.4) is 0 Å². The summed E-state index contributed by atoms with van der Waals surface area (Å²) in [5.74, 6) is -1.16. The van der Waals surface area contributed by atoms with Crippen LogP contribution in [0.25, 0.3) is 0 Å². The zero-order valence-corrected chi connectivity index (χ0v) is 11.5. The molecule has 1 amide bonds. The average molecular weight is 291 g/mol. The van der Waals surface area contributed by atoms with Gasteiger partial charge >= 0.3 is 0 Å². The van der Waals surface area contributed by atoms with Crippen LogP contribution in [0, 0.1) is 5.82 Å². The van der Waals surface area contributed by atoms with E-state index < -0.39 is 16.6 Å². The Morgan fingerprint density at radius 2 is 1.70 bits per heavy atom. The highest BCUT2D eigenvalue weighted by Gasteiger charge is 2.13. The third-order valence-corrected chi connectivity index (χ3v) is 4.02. The zero-order valence-electron chi connectivity index (χ0n) is 10.7. The van der Waals surface area contributed by atoms with Gasteiger partial charge in [0.25, 0.3) is 0 Å². The Balaban J connectivity index is 1.89. The Morgan fingerprint density at radius 1 is 1.05 bits per heavy atom. The van der Waals surface area contributed by atoms with E-state index in [4.69, 9.17) is 0 Å². The van der Waals surface area contributed by atoms with Crippen molar-refractivity contribution in [2.45, 2.75) is 11.4 Å². The van der Waals surface area contributed by atoms with Crippen molar-refractivity contribution in [3.63, 3.8) is 0 Å². The highest BCUT2D eigenvalue weighted by molar-refractivity contribution is 7.85. The molecule has 0 aliphatic heterocycles. The van der Waals surface area contributed by atoms with Gasteiger partial charge in [0.1, 0.15) is 11.6 Å². The molecule has 0 aliphatic carbocycles. The molecule has 3 nitrogen and oxygen atoms in total. The van der Waals surface area contributed by atoms with Crippen LogP contribution < -0.4 is 5.32 Å². The lowest BCUT2D eigenvalue weighted by atomic mass is 10.2. The van der Waals surface area contributed by atoms with E-state index in [1.807, 2.05) is 30.3 Å². The molecular weight excluding hydrogens is 277 g/mol. The van der Waals surface area contributed by atoms with Crippen LogP contribution >= 0.6 is 0 Å². The summed E-state index contributed by atoms with van der Waals surface area (Å²) >= 11 is 0. The zero-order chi connectivity index (χ0) is 14.4. The van der Waals surface area contributed by atoms with Gasteiger partial charge in [-0.1, -0.05) is 42.5 Å². The second kappa shape index (κ2) is 6.96. The van der Waals surface area contributed by atoms with Gasteiger partial charge in [-0.3, -0.25) is 9.00 Å². The summed E-state index contributed by atoms with van der Waals surface area (Å²) in [5.41, 5.74) is 0.956. The Morgan fingerprint density at radius 3 is 2.40 bits per heavy atom. The Kier molecular flexibility index (Phi) is 5.01. The van der Waals surface area contributed by atoms with E-state index in [0.717, 1.165) is 5.56 Å². The second-order valence-electron chi connectivity index (χ2n) is 4.18. The van der Waals surface area contributed by atoms with Crippen molar-refractivity contribution in [2.24, 2.45) is 0 Å². The van der Waals surface area contributed by atoms with Gasteiger partial charge in [0.05, 0.1) is 15.7 Å². The Hall–Kier alpha value is -2.01. The molecule has 0 fully saturated rings. The predicted molar refractivity (Wildman–Crippen MR) is 76.0 cm³/mol. The molecule has 0 bridgehead atoms. The number of benzene rings is 2. The molecule has 1 unspecified atom stereocenters. The molecule has 104 valence electrons. The van der Waals surface area contributed by atoms with Gasteiger partial charge in [0.2, 0.25) is 5.91 Å². The molecule has 2 rings (SSSR count). The van der Waals surface area contributed by atoms with E-state index in [2.05, 4.69) is 5.32 Å². The molecule has 5 heteroatoms. The molecule has 2 aromatic rings. The van der Waals surface area contributed by atoms with Crippen LogP contribution in [0.5, 0.6) is 0 Å². The molecule has 1 atom stereocenters. The molecule has 0 saturated carbocycles. The fourth-order valence-electron chi connectivity index (χ4n) is 1.67. The number of nitrogens with one attached hydrogen (secondary N) is 1. The number of rotatable bonds is 5. The number of carbonyl (C=O) groups excluding carboxylic acids is 1. The summed E-state index contributed by atoms with van der Waals surface area (Å²) < 4.78 is 25.3. The van der Waals surface area contributed by atoms with Crippen molar-refractivity contribution < 1.29 is 13.4 Å². The standard InChI is InChI=1S/C15H14FNO2S/c16-13-8-4-5-9-14(13)20(19)11-15(18)17-10-12-6-2-1-3-7-12/h1-9H,10-11H2,(H,17,18). The van der Waals surface area contributed by atoms with E-state index in [-0.39, 0.29) is 16.6 Å². The molecule has 0 radical (unpaired) electrons. The Labute approximate surface area is 119 Å². The van der Waals surface area contributed by atoms with Gasteiger partial charge < -0.3 is 5.32 Å². The topological polar surface area (TPSA) is 46.2 Å². The third kappa shape index (κ3) is 3.99. The molecule has 1 N–H and O–H groups in total. The van der Waals surface area contributed by atoms with Crippen LogP contribution in [0.2, 0.25) is 0 Å². The van der Waals surface area contributed by atoms with E-state index in [9.17, 15) is 13.4 Å². The van der Waals surface area contributed by atoms with E-state index in [1.54, 1.807) is 6.07 Å². The highest BCUT2D eigenvalue weighted by atomic mass is 32.2. The second-order valence-corrected chi connectivity index (χ2v) is 5.60. The third-order valence-electron chi connectivity index (χ3n) is 2.68. The predicted octanol–water partition coefficient (Wildman–Crippen LogP) is 2.25. The lowest BCUT2D eigenvalue weighted by molar-refractivity contribution is -0.118. The summed E-state index contributed by atoms with van der Waals surface area (Å²) in [6, 6.07) is 15.2. The van der Waals surface area contributed by atoms with Crippen molar-refractivity contribution in [3.05, 3.63) is 66.0 Å². The lowest BCUT2D eigenvalue weighted by Crippen LogP contribution is -2.28. The van der Waals surface area contributed by atoms with Gasteiger partial charge in [0, 0.05) is 6.54 Å². The van der Waals surface area contributed by atoms with Crippen LogP contribution in [-0.2, 0) is 22.1 Å². The van der Waals surface area contributed by atoms with Crippen LogP contribution in [0.15, 0.2) is 59.5 Å². The van der Waals surface area contributed by atoms with Gasteiger partial charge in [-0.15, -0.1) is 0 Å². The van der Waals surface area contributed by atoms with Crippen molar-refractivity contribution in [3.8, 4) is 0 Å². The van der Waals surface area contributed by atoms with Crippen molar-refractivity contribution in [2.75, 3.05) is 5.75 Å². The maximum Gasteiger partial charge on any atom is 0.233 e. The number of hydrogen-bond donors (Lipinski definition) is 1. The molecular formula is C15H14FNO2S. The van der Waals surface area contributed by atoms with Gasteiger partial charge in [0.15, 0.2) is 0 Å². The quantitative estimate of drug-likeness (QED) is 0.918. The van der Waals surface area contributed by atoms with Gasteiger partial charge in [-0.2, -0.15) is 0 Å². The van der Waals surface area contributed by atoms with Crippen LogP contribution in [0.4, 0.5) is 4.39 Å². The fourth-order valence-corrected chi connectivity index (χ4v) is 2.69. The van der Waals surface area contributed by atoms with Crippen molar-refractivity contribution in [1.29, 1.82) is 0 Å². The van der Waals surface area contributed by atoms with Gasteiger partial charge in [-0.05, 0) is 17.7 Å². The normalized spacial score (nSPS) is 11.8. The van der Waals surface area contributed by atoms with E-state index in [0.29, 0.717) is 6.54 Å². The minimum absolute atomic E-state index is 0.0577. The minimum atomic E-state index is -1.67. The first-order valence-corrected chi connectivity index (χ1v) is 7.42. The summed E-state index contributed by atoms with van der Waals surface area (Å²) in [7, 11) is -1.67. The molecule has 2 aromatic carbocycles. The lowest BCUT2D eigenvalue weighted by Gasteiger charge is -2.06. The average Bonchev–Trinajstić information content (AvgIpc) is 2.46. The monoisotopic (exact) mass is 291 g/mol. The fraction of sp³-hybridized carbons (Fsp3) is 0.133. The number of hydrogen-bond acceptors (Lipinski definition) is 2. The smallest absolute Gasteiger partial charge is 0.233 e. The first-order valence-electron chi connectivity index (χ1n) is 6.10. The van der Waals surface area contributed by atoms with Crippen LogP contribution in [0.1, 0.15) is 5.56 Å². The largest absolute Gasteiger partial charge is 0.351 e. The Bertz CT molecular complexity index is 616. The number of halogens is 1. The summed E-state index contributed by atoms with van der Waals surface area (Å²) in [6.07, 6.45) is 0. The molecule has 0 spiro atoms. The van der Waals surface area contributed by atoms with Crippen LogP contribution in [-0.4, -0.2) is 15.9 Å². The molecule has 0 aliphatic rings. The first kappa shape index (κ1) is 14.4. The first-order chi connectivity index (χ1) is 9.66. The SMILES string of the molecule is O=C(CS(=O)c1ccccc1F)NCc1ccccc1. The van der Waals surface area contributed by atoms with Gasteiger partial charge in [-0.25, -0.2) is 4.39 Å². The molecule has 20 heavy (non-hydrogen) atoms. The summed E-state index contributed by atoms with van der Waals surface area (Å²) in [6.45, 7) is 0.369. The maximum atomic E-state index is 13.4. The summed E-state index contributed by atoms with van der Waals surface area (Å²) in [4.78, 5) is 11.7. The number of amides is 1. The number of carbonyl (C=O) groups is 1. The molecule has 0 aromatic heterocycles. The van der Waals surface area contributed by atoms with Crippen molar-refractivity contribution >= 4 is 16.7 Å². The molecule has 0 heterocycles. The summed E-state index contributed by atoms with van der Waals surface area (Å²) in [5, 5.41) is 2.66. The molecule has 0 saturated heterocycles. The highest BCUT2D eigenvalue weighted by Crippen LogP contribution is 2.11. The maximum absolute atomic E-state index is 13.4. The van der Waals surface area contributed by atoms with E-state index in [1.165, 1.54) is 18.2 Å². The minimum Gasteiger partial charge on any atom is -0.351 e. The van der Waals surface area contributed by atoms with Crippen molar-refractivity contribution in [1.82, 2.24) is 5.32 Å².